The number of likely N-dealkylation sites (tertiary alicyclic amines) is 1. The maximum Gasteiger partial charge on any atom is 0.251 e. The molecule has 36 heavy (non-hydrogen) atoms. The summed E-state index contributed by atoms with van der Waals surface area (Å²) >= 11 is 1.45. The van der Waals surface area contributed by atoms with Gasteiger partial charge in [-0.1, -0.05) is 48.5 Å². The van der Waals surface area contributed by atoms with Crippen LogP contribution in [-0.2, 0) is 17.9 Å². The molecule has 2 aliphatic rings. The molecule has 0 bridgehead atoms. The Balaban J connectivity index is 1.23. The summed E-state index contributed by atoms with van der Waals surface area (Å²) in [5, 5.41) is 3.11. The Kier molecular flexibility index (Phi) is 7.68. The standard InChI is InChI=1S/C29H30FN3O2S/c30-25-11-5-4-10-24(25)19-33-26-15-23(12-13-27(26)36-20-28(33)34)29(35)31-16-22-9-6-14-32(18-22)17-21-7-2-1-3-8-21/h1-5,7-8,10-13,15,22H,6,9,14,16-20H2,(H,31,35). The van der Waals surface area contributed by atoms with Crippen molar-refractivity contribution in [3.63, 3.8) is 0 Å². The zero-order valence-electron chi connectivity index (χ0n) is 20.2. The highest BCUT2D eigenvalue weighted by Crippen LogP contribution is 2.37. The van der Waals surface area contributed by atoms with Crippen LogP contribution in [0.4, 0.5) is 10.1 Å². The number of nitrogens with zero attached hydrogens (tertiary/aromatic N) is 2. The van der Waals surface area contributed by atoms with Crippen molar-refractivity contribution in [3.05, 3.63) is 95.3 Å². The molecule has 0 aliphatic carbocycles. The molecule has 0 radical (unpaired) electrons. The molecule has 2 heterocycles. The summed E-state index contributed by atoms with van der Waals surface area (Å²) in [6.07, 6.45) is 2.22. The molecular weight excluding hydrogens is 473 g/mol. The van der Waals surface area contributed by atoms with E-state index in [1.165, 1.54) is 23.4 Å². The summed E-state index contributed by atoms with van der Waals surface area (Å²) in [6, 6.07) is 22.4. The Morgan fingerprint density at radius 2 is 1.83 bits per heavy atom. The molecule has 1 fully saturated rings. The summed E-state index contributed by atoms with van der Waals surface area (Å²) in [5.41, 5.74) is 2.94. The van der Waals surface area contributed by atoms with E-state index in [-0.39, 0.29) is 24.2 Å². The number of halogens is 1. The van der Waals surface area contributed by atoms with Gasteiger partial charge in [-0.2, -0.15) is 0 Å². The first-order valence-corrected chi connectivity index (χ1v) is 13.4. The third-order valence-electron chi connectivity index (χ3n) is 6.85. The minimum absolute atomic E-state index is 0.0889. The first-order chi connectivity index (χ1) is 17.6. The number of hydrogen-bond donors (Lipinski definition) is 1. The molecule has 3 aromatic carbocycles. The van der Waals surface area contributed by atoms with Gasteiger partial charge in [-0.25, -0.2) is 4.39 Å². The second kappa shape index (κ2) is 11.3. The van der Waals surface area contributed by atoms with Gasteiger partial charge in [-0.05, 0) is 55.1 Å². The van der Waals surface area contributed by atoms with E-state index in [1.807, 2.05) is 12.1 Å². The van der Waals surface area contributed by atoms with Gasteiger partial charge in [0.05, 0.1) is 18.0 Å². The lowest BCUT2D eigenvalue weighted by Crippen LogP contribution is -2.40. The molecule has 1 saturated heterocycles. The lowest BCUT2D eigenvalue weighted by molar-refractivity contribution is -0.116. The second-order valence-corrected chi connectivity index (χ2v) is 10.5. The predicted octanol–water partition coefficient (Wildman–Crippen LogP) is 5.11. The van der Waals surface area contributed by atoms with Crippen LogP contribution < -0.4 is 10.2 Å². The predicted molar refractivity (Wildman–Crippen MR) is 142 cm³/mol. The van der Waals surface area contributed by atoms with Crippen LogP contribution in [0.25, 0.3) is 0 Å². The van der Waals surface area contributed by atoms with Gasteiger partial charge in [0.15, 0.2) is 0 Å². The van der Waals surface area contributed by atoms with Crippen LogP contribution in [0, 0.1) is 11.7 Å². The van der Waals surface area contributed by atoms with E-state index in [9.17, 15) is 14.0 Å². The van der Waals surface area contributed by atoms with Crippen molar-refractivity contribution >= 4 is 29.3 Å². The lowest BCUT2D eigenvalue weighted by Gasteiger charge is -2.33. The molecule has 0 spiro atoms. The van der Waals surface area contributed by atoms with Gasteiger partial charge in [-0.3, -0.25) is 14.5 Å². The van der Waals surface area contributed by atoms with E-state index in [0.29, 0.717) is 35.0 Å². The summed E-state index contributed by atoms with van der Waals surface area (Å²) < 4.78 is 14.3. The molecule has 3 aromatic rings. The number of fused-ring (bicyclic) bond motifs is 1. The monoisotopic (exact) mass is 503 g/mol. The third kappa shape index (κ3) is 5.79. The highest BCUT2D eigenvalue weighted by molar-refractivity contribution is 8.00. The van der Waals surface area contributed by atoms with E-state index < -0.39 is 0 Å². The van der Waals surface area contributed by atoms with Crippen molar-refractivity contribution in [1.29, 1.82) is 0 Å². The number of carbonyl (C=O) groups excluding carboxylic acids is 2. The fourth-order valence-electron chi connectivity index (χ4n) is 4.96. The van der Waals surface area contributed by atoms with Crippen LogP contribution in [0.3, 0.4) is 0 Å². The minimum Gasteiger partial charge on any atom is -0.352 e. The van der Waals surface area contributed by atoms with Gasteiger partial charge < -0.3 is 10.2 Å². The van der Waals surface area contributed by atoms with Crippen LogP contribution >= 0.6 is 11.8 Å². The summed E-state index contributed by atoms with van der Waals surface area (Å²) in [5.74, 6) is 0.126. The first-order valence-electron chi connectivity index (χ1n) is 12.4. The number of nitrogens with one attached hydrogen (secondary N) is 1. The van der Waals surface area contributed by atoms with Crippen molar-refractivity contribution in [2.75, 3.05) is 30.3 Å². The molecule has 1 atom stereocenters. The number of rotatable bonds is 7. The molecule has 5 rings (SSSR count). The summed E-state index contributed by atoms with van der Waals surface area (Å²) in [4.78, 5) is 30.7. The fraction of sp³-hybridized carbons (Fsp3) is 0.310. The number of carbonyl (C=O) groups is 2. The smallest absolute Gasteiger partial charge is 0.251 e. The topological polar surface area (TPSA) is 52.7 Å². The van der Waals surface area contributed by atoms with E-state index in [0.717, 1.165) is 37.4 Å². The van der Waals surface area contributed by atoms with Crippen molar-refractivity contribution in [2.24, 2.45) is 5.92 Å². The van der Waals surface area contributed by atoms with E-state index in [1.54, 1.807) is 35.2 Å². The number of thioether (sulfide) groups is 1. The van der Waals surface area contributed by atoms with Gasteiger partial charge in [0, 0.05) is 35.7 Å². The van der Waals surface area contributed by atoms with Crippen molar-refractivity contribution in [1.82, 2.24) is 10.2 Å². The van der Waals surface area contributed by atoms with Crippen molar-refractivity contribution in [3.8, 4) is 0 Å². The number of piperidine rings is 1. The van der Waals surface area contributed by atoms with Gasteiger partial charge in [0.25, 0.3) is 5.91 Å². The Bertz CT molecular complexity index is 1240. The number of hydrogen-bond acceptors (Lipinski definition) is 4. The van der Waals surface area contributed by atoms with E-state index in [2.05, 4.69) is 34.5 Å². The Labute approximate surface area is 215 Å². The third-order valence-corrected chi connectivity index (χ3v) is 7.90. The van der Waals surface area contributed by atoms with Crippen LogP contribution in [0.5, 0.6) is 0 Å². The molecule has 0 aromatic heterocycles. The summed E-state index contributed by atoms with van der Waals surface area (Å²) in [6.45, 7) is 3.73. The Hall–Kier alpha value is -3.16. The highest BCUT2D eigenvalue weighted by atomic mass is 32.2. The van der Waals surface area contributed by atoms with Crippen molar-refractivity contribution < 1.29 is 14.0 Å². The average Bonchev–Trinajstić information content (AvgIpc) is 2.90. The molecular formula is C29H30FN3O2S. The maximum absolute atomic E-state index is 14.3. The highest BCUT2D eigenvalue weighted by Gasteiger charge is 2.27. The number of benzene rings is 3. The van der Waals surface area contributed by atoms with Crippen molar-refractivity contribution in [2.45, 2.75) is 30.8 Å². The first kappa shape index (κ1) is 24.5. The second-order valence-electron chi connectivity index (χ2n) is 9.48. The molecule has 186 valence electrons. The summed E-state index contributed by atoms with van der Waals surface area (Å²) in [7, 11) is 0. The van der Waals surface area contributed by atoms with Crippen LogP contribution in [0.15, 0.2) is 77.7 Å². The van der Waals surface area contributed by atoms with Crippen LogP contribution in [0.1, 0.15) is 34.3 Å². The molecule has 5 nitrogen and oxygen atoms in total. The normalized spacial score (nSPS) is 18.1. The van der Waals surface area contributed by atoms with Crippen LogP contribution in [0.2, 0.25) is 0 Å². The Morgan fingerprint density at radius 3 is 2.67 bits per heavy atom. The fourth-order valence-corrected chi connectivity index (χ4v) is 5.87. The molecule has 2 aliphatic heterocycles. The lowest BCUT2D eigenvalue weighted by atomic mass is 9.97. The SMILES string of the molecule is O=C(NCC1CCCN(Cc2ccccc2)C1)c1ccc2c(c1)N(Cc1ccccc1F)C(=O)CS2. The zero-order chi connectivity index (χ0) is 24.9. The van der Waals surface area contributed by atoms with Gasteiger partial charge in [0.2, 0.25) is 5.91 Å². The number of amides is 2. The number of anilines is 1. The van der Waals surface area contributed by atoms with Gasteiger partial charge in [0.1, 0.15) is 5.82 Å². The van der Waals surface area contributed by atoms with E-state index in [4.69, 9.17) is 0 Å². The zero-order valence-corrected chi connectivity index (χ0v) is 21.0. The maximum atomic E-state index is 14.3. The molecule has 1 unspecified atom stereocenters. The molecule has 1 N–H and O–H groups in total. The Morgan fingerprint density at radius 1 is 1.03 bits per heavy atom. The van der Waals surface area contributed by atoms with E-state index >= 15 is 0 Å². The molecule has 2 amide bonds. The molecule has 0 saturated carbocycles. The molecule has 7 heteroatoms. The van der Waals surface area contributed by atoms with Gasteiger partial charge in [-0.15, -0.1) is 11.8 Å². The average molecular weight is 504 g/mol. The largest absolute Gasteiger partial charge is 0.352 e. The van der Waals surface area contributed by atoms with Gasteiger partial charge >= 0.3 is 0 Å². The minimum atomic E-state index is -0.340. The quantitative estimate of drug-likeness (QED) is 0.487. The van der Waals surface area contributed by atoms with Crippen LogP contribution in [-0.4, -0.2) is 42.1 Å².